The monoisotopic (exact) mass is 326 g/mol. The van der Waals surface area contributed by atoms with Crippen LogP contribution >= 0.6 is 24.2 Å². The number of amides is 1. The fraction of sp³-hybridized carbons (Fsp3) is 0.333. The average molecular weight is 327 g/mol. The van der Waals surface area contributed by atoms with Gasteiger partial charge in [0.05, 0.1) is 11.7 Å². The number of carbonyl (C=O) groups excluding carboxylic acids is 1. The third kappa shape index (κ3) is 3.52. The lowest BCUT2D eigenvalue weighted by Gasteiger charge is -2.11. The van der Waals surface area contributed by atoms with Crippen LogP contribution in [0.1, 0.15) is 5.82 Å². The third-order valence-electron chi connectivity index (χ3n) is 3.02. The predicted molar refractivity (Wildman–Crippen MR) is 84.0 cm³/mol. The number of benzene rings is 1. The molecule has 1 aromatic heterocycles. The SMILES string of the molecule is Cc1nnnn1-c1cccc(NC(=O)C2CSCN2)c1.Cl. The summed E-state index contributed by atoms with van der Waals surface area (Å²) in [7, 11) is 0. The fourth-order valence-electron chi connectivity index (χ4n) is 1.98. The van der Waals surface area contributed by atoms with E-state index in [1.54, 1.807) is 16.4 Å². The molecule has 3 rings (SSSR count). The van der Waals surface area contributed by atoms with Gasteiger partial charge in [-0.3, -0.25) is 10.1 Å². The molecule has 1 aromatic carbocycles. The van der Waals surface area contributed by atoms with Gasteiger partial charge in [0, 0.05) is 17.3 Å². The fourth-order valence-corrected chi connectivity index (χ4v) is 2.92. The summed E-state index contributed by atoms with van der Waals surface area (Å²) in [5, 5.41) is 17.4. The molecule has 1 aliphatic rings. The van der Waals surface area contributed by atoms with Gasteiger partial charge < -0.3 is 5.32 Å². The number of anilines is 1. The summed E-state index contributed by atoms with van der Waals surface area (Å²) in [6.45, 7) is 1.82. The number of aryl methyl sites for hydroxylation is 1. The molecule has 7 nitrogen and oxygen atoms in total. The van der Waals surface area contributed by atoms with Gasteiger partial charge in [-0.15, -0.1) is 29.3 Å². The summed E-state index contributed by atoms with van der Waals surface area (Å²) < 4.78 is 1.62. The first-order valence-electron chi connectivity index (χ1n) is 6.21. The summed E-state index contributed by atoms with van der Waals surface area (Å²) in [6, 6.07) is 7.33. The molecule has 2 aromatic rings. The number of nitrogens with zero attached hydrogens (tertiary/aromatic N) is 4. The molecule has 9 heteroatoms. The van der Waals surface area contributed by atoms with Crippen molar-refractivity contribution in [2.75, 3.05) is 16.9 Å². The number of rotatable bonds is 3. The van der Waals surface area contributed by atoms with Crippen molar-refractivity contribution < 1.29 is 4.79 Å². The van der Waals surface area contributed by atoms with E-state index in [9.17, 15) is 4.79 Å². The van der Waals surface area contributed by atoms with E-state index in [4.69, 9.17) is 0 Å². The van der Waals surface area contributed by atoms with Crippen LogP contribution in [0.2, 0.25) is 0 Å². The average Bonchev–Trinajstić information content (AvgIpc) is 3.10. The summed E-state index contributed by atoms with van der Waals surface area (Å²) in [5.74, 6) is 2.31. The van der Waals surface area contributed by atoms with Crippen LogP contribution in [0, 0.1) is 6.92 Å². The van der Waals surface area contributed by atoms with Gasteiger partial charge in [0.1, 0.15) is 0 Å². The highest BCUT2D eigenvalue weighted by Crippen LogP contribution is 2.16. The number of thioether (sulfide) groups is 1. The van der Waals surface area contributed by atoms with Crippen LogP contribution < -0.4 is 10.6 Å². The lowest BCUT2D eigenvalue weighted by molar-refractivity contribution is -0.117. The Bertz CT molecular complexity index is 628. The van der Waals surface area contributed by atoms with E-state index in [0.29, 0.717) is 5.82 Å². The van der Waals surface area contributed by atoms with E-state index in [0.717, 1.165) is 23.0 Å². The molecule has 21 heavy (non-hydrogen) atoms. The molecule has 0 spiro atoms. The number of tetrazole rings is 1. The van der Waals surface area contributed by atoms with Gasteiger partial charge in [-0.05, 0) is 35.5 Å². The third-order valence-corrected chi connectivity index (χ3v) is 3.96. The Morgan fingerprint density at radius 1 is 1.52 bits per heavy atom. The second-order valence-corrected chi connectivity index (χ2v) is 5.48. The number of hydrogen-bond donors (Lipinski definition) is 2. The molecule has 2 N–H and O–H groups in total. The van der Waals surface area contributed by atoms with Gasteiger partial charge in [-0.2, -0.15) is 4.68 Å². The minimum atomic E-state index is -0.126. The van der Waals surface area contributed by atoms with Crippen molar-refractivity contribution in [2.45, 2.75) is 13.0 Å². The van der Waals surface area contributed by atoms with Gasteiger partial charge in [0.25, 0.3) is 0 Å². The Labute approximate surface area is 132 Å². The normalized spacial score (nSPS) is 17.3. The van der Waals surface area contributed by atoms with Crippen LogP contribution in [0.25, 0.3) is 5.69 Å². The van der Waals surface area contributed by atoms with Crippen LogP contribution in [0.5, 0.6) is 0 Å². The van der Waals surface area contributed by atoms with Crippen LogP contribution in [0.4, 0.5) is 5.69 Å². The largest absolute Gasteiger partial charge is 0.325 e. The van der Waals surface area contributed by atoms with E-state index >= 15 is 0 Å². The summed E-state index contributed by atoms with van der Waals surface area (Å²) in [6.07, 6.45) is 0. The molecular weight excluding hydrogens is 312 g/mol. The minimum absolute atomic E-state index is 0. The number of carbonyl (C=O) groups is 1. The molecule has 1 unspecified atom stereocenters. The molecule has 1 atom stereocenters. The van der Waals surface area contributed by atoms with E-state index in [1.165, 1.54) is 0 Å². The van der Waals surface area contributed by atoms with Gasteiger partial charge in [0.15, 0.2) is 5.82 Å². The van der Waals surface area contributed by atoms with Gasteiger partial charge in [0.2, 0.25) is 5.91 Å². The molecule has 1 saturated heterocycles. The van der Waals surface area contributed by atoms with Crippen molar-refractivity contribution >= 4 is 35.8 Å². The first-order chi connectivity index (χ1) is 9.74. The van der Waals surface area contributed by atoms with E-state index < -0.39 is 0 Å². The molecular formula is C12H15ClN6OS. The van der Waals surface area contributed by atoms with Crippen molar-refractivity contribution in [3.63, 3.8) is 0 Å². The number of aromatic nitrogens is 4. The quantitative estimate of drug-likeness (QED) is 0.875. The second-order valence-electron chi connectivity index (χ2n) is 4.45. The Hall–Kier alpha value is -1.64. The van der Waals surface area contributed by atoms with Crippen molar-refractivity contribution in [1.29, 1.82) is 0 Å². The standard InChI is InChI=1S/C12H14N6OS.ClH/c1-8-15-16-17-18(8)10-4-2-3-9(5-10)14-12(19)11-6-20-7-13-11;/h2-5,11,13H,6-7H2,1H3,(H,14,19);1H. The zero-order valence-corrected chi connectivity index (χ0v) is 12.9. The summed E-state index contributed by atoms with van der Waals surface area (Å²) in [5.41, 5.74) is 1.56. The molecule has 0 aliphatic carbocycles. The highest BCUT2D eigenvalue weighted by Gasteiger charge is 2.22. The Morgan fingerprint density at radius 3 is 3.05 bits per heavy atom. The molecule has 1 aliphatic heterocycles. The molecule has 1 amide bonds. The van der Waals surface area contributed by atoms with Crippen LogP contribution in [0.15, 0.2) is 24.3 Å². The maximum absolute atomic E-state index is 12.0. The van der Waals surface area contributed by atoms with E-state index in [2.05, 4.69) is 26.2 Å². The number of hydrogen-bond acceptors (Lipinski definition) is 6. The molecule has 2 heterocycles. The van der Waals surface area contributed by atoms with Gasteiger partial charge in [-0.25, -0.2) is 0 Å². The maximum atomic E-state index is 12.0. The number of nitrogens with one attached hydrogen (secondary N) is 2. The zero-order chi connectivity index (χ0) is 13.9. The summed E-state index contributed by atoms with van der Waals surface area (Å²) in [4.78, 5) is 12.0. The van der Waals surface area contributed by atoms with Crippen LogP contribution in [-0.2, 0) is 4.79 Å². The Balaban J connectivity index is 0.00000161. The van der Waals surface area contributed by atoms with E-state index in [-0.39, 0.29) is 24.4 Å². The van der Waals surface area contributed by atoms with Crippen molar-refractivity contribution in [2.24, 2.45) is 0 Å². The van der Waals surface area contributed by atoms with Gasteiger partial charge in [-0.1, -0.05) is 6.07 Å². The minimum Gasteiger partial charge on any atom is -0.325 e. The molecule has 1 fully saturated rings. The first kappa shape index (κ1) is 15.7. The topological polar surface area (TPSA) is 84.7 Å². The lowest BCUT2D eigenvalue weighted by atomic mass is 10.2. The molecule has 0 radical (unpaired) electrons. The van der Waals surface area contributed by atoms with Crippen molar-refractivity contribution in [3.05, 3.63) is 30.1 Å². The predicted octanol–water partition coefficient (Wildman–Crippen LogP) is 0.994. The molecule has 0 bridgehead atoms. The van der Waals surface area contributed by atoms with Gasteiger partial charge >= 0.3 is 0 Å². The highest BCUT2D eigenvalue weighted by atomic mass is 35.5. The van der Waals surface area contributed by atoms with E-state index in [1.807, 2.05) is 31.2 Å². The van der Waals surface area contributed by atoms with Crippen LogP contribution in [-0.4, -0.2) is 43.8 Å². The Kier molecular flexibility index (Phi) is 5.16. The molecule has 0 saturated carbocycles. The number of halogens is 1. The zero-order valence-electron chi connectivity index (χ0n) is 11.3. The van der Waals surface area contributed by atoms with Crippen molar-refractivity contribution in [1.82, 2.24) is 25.5 Å². The first-order valence-corrected chi connectivity index (χ1v) is 7.37. The second kappa shape index (κ2) is 6.88. The Morgan fingerprint density at radius 2 is 2.38 bits per heavy atom. The summed E-state index contributed by atoms with van der Waals surface area (Å²) >= 11 is 1.72. The lowest BCUT2D eigenvalue weighted by Crippen LogP contribution is -2.37. The van der Waals surface area contributed by atoms with Crippen molar-refractivity contribution in [3.8, 4) is 5.69 Å². The smallest absolute Gasteiger partial charge is 0.242 e. The molecule has 112 valence electrons. The highest BCUT2D eigenvalue weighted by molar-refractivity contribution is 7.99. The maximum Gasteiger partial charge on any atom is 0.242 e. The van der Waals surface area contributed by atoms with Crippen LogP contribution in [0.3, 0.4) is 0 Å².